The third-order valence-electron chi connectivity index (χ3n) is 5.71. The Morgan fingerprint density at radius 1 is 0.818 bits per heavy atom. The predicted octanol–water partition coefficient (Wildman–Crippen LogP) is 7.32. The van der Waals surface area contributed by atoms with Crippen molar-refractivity contribution in [3.63, 3.8) is 0 Å². The van der Waals surface area contributed by atoms with Crippen molar-refractivity contribution in [2.24, 2.45) is 5.92 Å². The summed E-state index contributed by atoms with van der Waals surface area (Å²) in [5, 5.41) is 0. The first kappa shape index (κ1) is 20.2. The summed E-state index contributed by atoms with van der Waals surface area (Å²) in [6.07, 6.45) is 15.8. The molecule has 0 aliphatic heterocycles. The predicted molar refractivity (Wildman–Crippen MR) is 102 cm³/mol. The maximum absolute atomic E-state index is 7.02. The molecule has 0 radical (unpaired) electrons. The van der Waals surface area contributed by atoms with Crippen molar-refractivity contribution in [2.75, 3.05) is 0 Å². The third-order valence-corrected chi connectivity index (χ3v) is 10.4. The highest BCUT2D eigenvalue weighted by atomic mass is 28.4. The quantitative estimate of drug-likeness (QED) is 0.341. The Morgan fingerprint density at radius 3 is 1.68 bits per heavy atom. The molecule has 132 valence electrons. The maximum atomic E-state index is 7.02. The molecule has 0 bridgehead atoms. The first-order chi connectivity index (χ1) is 10.7. The van der Waals surface area contributed by atoms with Crippen molar-refractivity contribution in [2.45, 2.75) is 123 Å². The third kappa shape index (κ3) is 7.17. The van der Waals surface area contributed by atoms with Crippen LogP contribution in [0.15, 0.2) is 0 Å². The first-order valence-corrected chi connectivity index (χ1v) is 12.9. The molecule has 1 rings (SSSR count). The summed E-state index contributed by atoms with van der Waals surface area (Å²) >= 11 is 0. The second kappa shape index (κ2) is 11.7. The van der Waals surface area contributed by atoms with Gasteiger partial charge in [-0.3, -0.25) is 0 Å². The minimum atomic E-state index is -1.51. The van der Waals surface area contributed by atoms with E-state index in [1.165, 1.54) is 88.8 Å². The van der Waals surface area contributed by atoms with Crippen LogP contribution in [0.25, 0.3) is 0 Å². The molecule has 1 atom stereocenters. The molecular formula is C20H42OSi. The van der Waals surface area contributed by atoms with Gasteiger partial charge in [-0.15, -0.1) is 0 Å². The van der Waals surface area contributed by atoms with Gasteiger partial charge in [-0.2, -0.15) is 0 Å². The van der Waals surface area contributed by atoms with Crippen LogP contribution in [0.1, 0.15) is 98.3 Å². The van der Waals surface area contributed by atoms with Gasteiger partial charge in [0.05, 0.1) is 0 Å². The second-order valence-corrected chi connectivity index (χ2v) is 11.8. The van der Waals surface area contributed by atoms with Crippen LogP contribution in [0.2, 0.25) is 18.1 Å². The lowest BCUT2D eigenvalue weighted by Crippen LogP contribution is -2.43. The highest BCUT2D eigenvalue weighted by Gasteiger charge is 2.36. The minimum Gasteiger partial charge on any atom is -0.414 e. The molecule has 0 spiro atoms. The van der Waals surface area contributed by atoms with Gasteiger partial charge in [-0.1, -0.05) is 78.6 Å². The highest BCUT2D eigenvalue weighted by Crippen LogP contribution is 2.35. The van der Waals surface area contributed by atoms with Crippen LogP contribution in [-0.2, 0) is 4.43 Å². The van der Waals surface area contributed by atoms with E-state index in [0.717, 1.165) is 5.92 Å². The molecule has 0 aromatic rings. The van der Waals surface area contributed by atoms with Crippen molar-refractivity contribution in [3.8, 4) is 0 Å². The average molecular weight is 327 g/mol. The molecule has 0 N–H and O–H groups in total. The van der Waals surface area contributed by atoms with Crippen molar-refractivity contribution >= 4 is 8.32 Å². The number of unbranched alkanes of at least 4 members (excludes halogenated alkanes) is 3. The zero-order valence-corrected chi connectivity index (χ0v) is 17.0. The van der Waals surface area contributed by atoms with Gasteiger partial charge >= 0.3 is 0 Å². The molecule has 1 fully saturated rings. The van der Waals surface area contributed by atoms with Gasteiger partial charge in [0.25, 0.3) is 0 Å². The van der Waals surface area contributed by atoms with Crippen LogP contribution in [0.4, 0.5) is 0 Å². The standard InChI is InChI=1S/C20H42OSi/c1-5-8-16-22(17-9-6-2,18-10-7-3)21-19(4)20-14-12-11-13-15-20/h19-20H,5-18H2,1-4H3/t19-/m0/s1. The van der Waals surface area contributed by atoms with Gasteiger partial charge in [0, 0.05) is 6.10 Å². The van der Waals surface area contributed by atoms with E-state index in [1.54, 1.807) is 0 Å². The summed E-state index contributed by atoms with van der Waals surface area (Å²) in [7, 11) is -1.51. The summed E-state index contributed by atoms with van der Waals surface area (Å²) in [5.74, 6) is 0.852. The van der Waals surface area contributed by atoms with Crippen molar-refractivity contribution < 1.29 is 4.43 Å². The topological polar surface area (TPSA) is 9.23 Å². The fourth-order valence-corrected chi connectivity index (χ4v) is 9.22. The van der Waals surface area contributed by atoms with Gasteiger partial charge in [-0.05, 0) is 43.8 Å². The fourth-order valence-electron chi connectivity index (χ4n) is 4.14. The van der Waals surface area contributed by atoms with Crippen molar-refractivity contribution in [1.29, 1.82) is 0 Å². The molecule has 0 aromatic heterocycles. The molecule has 1 nitrogen and oxygen atoms in total. The minimum absolute atomic E-state index is 0.525. The normalized spacial score (nSPS) is 18.5. The van der Waals surface area contributed by atoms with E-state index in [4.69, 9.17) is 4.43 Å². The Balaban J connectivity index is 2.69. The van der Waals surface area contributed by atoms with E-state index >= 15 is 0 Å². The van der Waals surface area contributed by atoms with Crippen LogP contribution >= 0.6 is 0 Å². The van der Waals surface area contributed by atoms with E-state index in [-0.39, 0.29) is 0 Å². The summed E-state index contributed by atoms with van der Waals surface area (Å²) in [4.78, 5) is 0. The Hall–Kier alpha value is 0.177. The van der Waals surface area contributed by atoms with E-state index < -0.39 is 8.32 Å². The largest absolute Gasteiger partial charge is 0.414 e. The number of hydrogen-bond donors (Lipinski definition) is 0. The maximum Gasteiger partial charge on any atom is 0.193 e. The van der Waals surface area contributed by atoms with E-state index in [0.29, 0.717) is 6.10 Å². The molecule has 22 heavy (non-hydrogen) atoms. The van der Waals surface area contributed by atoms with Crippen LogP contribution in [0.5, 0.6) is 0 Å². The van der Waals surface area contributed by atoms with Crippen LogP contribution in [-0.4, -0.2) is 14.4 Å². The molecule has 0 aromatic carbocycles. The van der Waals surface area contributed by atoms with Gasteiger partial charge in [0.2, 0.25) is 0 Å². The zero-order valence-electron chi connectivity index (χ0n) is 16.0. The van der Waals surface area contributed by atoms with Crippen molar-refractivity contribution in [3.05, 3.63) is 0 Å². The second-order valence-electron chi connectivity index (χ2n) is 7.71. The van der Waals surface area contributed by atoms with Gasteiger partial charge in [-0.25, -0.2) is 0 Å². The number of rotatable bonds is 12. The van der Waals surface area contributed by atoms with Crippen LogP contribution in [0, 0.1) is 5.92 Å². The smallest absolute Gasteiger partial charge is 0.193 e. The molecule has 1 aliphatic carbocycles. The molecule has 0 unspecified atom stereocenters. The molecule has 0 heterocycles. The van der Waals surface area contributed by atoms with Gasteiger partial charge < -0.3 is 4.43 Å². The molecule has 2 heteroatoms. The van der Waals surface area contributed by atoms with Gasteiger partial charge in [0.15, 0.2) is 8.32 Å². The Bertz CT molecular complexity index is 239. The first-order valence-electron chi connectivity index (χ1n) is 10.3. The Kier molecular flexibility index (Phi) is 10.7. The fraction of sp³-hybridized carbons (Fsp3) is 1.00. The summed E-state index contributed by atoms with van der Waals surface area (Å²) < 4.78 is 7.02. The molecule has 0 saturated heterocycles. The Labute approximate surface area is 141 Å². The summed E-state index contributed by atoms with van der Waals surface area (Å²) in [6.45, 7) is 9.41. The van der Waals surface area contributed by atoms with Gasteiger partial charge in [0.1, 0.15) is 0 Å². The van der Waals surface area contributed by atoms with Crippen molar-refractivity contribution in [1.82, 2.24) is 0 Å². The molecule has 1 saturated carbocycles. The zero-order chi connectivity index (χ0) is 16.3. The lowest BCUT2D eigenvalue weighted by Gasteiger charge is -2.38. The average Bonchev–Trinajstić information content (AvgIpc) is 2.56. The highest BCUT2D eigenvalue weighted by molar-refractivity contribution is 6.73. The SMILES string of the molecule is CCCC[Si](CCCC)(CCCC)O[C@@H](C)C1CCCCC1. The lowest BCUT2D eigenvalue weighted by molar-refractivity contribution is 0.111. The monoisotopic (exact) mass is 326 g/mol. The molecular weight excluding hydrogens is 284 g/mol. The van der Waals surface area contributed by atoms with Crippen LogP contribution in [0.3, 0.4) is 0 Å². The van der Waals surface area contributed by atoms with E-state index in [2.05, 4.69) is 27.7 Å². The summed E-state index contributed by atoms with van der Waals surface area (Å²) in [6, 6.07) is 4.25. The number of hydrogen-bond acceptors (Lipinski definition) is 1. The van der Waals surface area contributed by atoms with Crippen LogP contribution < -0.4 is 0 Å². The molecule has 1 aliphatic rings. The Morgan fingerprint density at radius 2 is 1.27 bits per heavy atom. The summed E-state index contributed by atoms with van der Waals surface area (Å²) in [5.41, 5.74) is 0. The lowest BCUT2D eigenvalue weighted by atomic mass is 9.86. The molecule has 0 amide bonds. The van der Waals surface area contributed by atoms with E-state index in [1.807, 2.05) is 0 Å². The van der Waals surface area contributed by atoms with E-state index in [9.17, 15) is 0 Å².